The number of ether oxygens (including phenoxy) is 1. The van der Waals surface area contributed by atoms with E-state index in [0.717, 1.165) is 38.4 Å². The van der Waals surface area contributed by atoms with Crippen LogP contribution in [0.2, 0.25) is 0 Å². The zero-order chi connectivity index (χ0) is 27.8. The molecule has 2 bridgehead atoms. The van der Waals surface area contributed by atoms with Crippen molar-refractivity contribution in [3.05, 3.63) is 35.8 Å². The van der Waals surface area contributed by atoms with Crippen LogP contribution in [0.3, 0.4) is 0 Å². The monoisotopic (exact) mass is 537 g/mol. The number of rotatable bonds is 10. The van der Waals surface area contributed by atoms with E-state index in [1.165, 1.54) is 19.3 Å². The fourth-order valence-corrected chi connectivity index (χ4v) is 7.68. The summed E-state index contributed by atoms with van der Waals surface area (Å²) in [4.78, 5) is 33.8. The van der Waals surface area contributed by atoms with E-state index in [2.05, 4.69) is 38.3 Å². The normalized spacial score (nSPS) is 27.1. The lowest BCUT2D eigenvalue weighted by Crippen LogP contribution is -2.56. The third-order valence-corrected chi connectivity index (χ3v) is 10.2. The summed E-state index contributed by atoms with van der Waals surface area (Å²) in [6, 6.07) is 5.78. The van der Waals surface area contributed by atoms with Crippen molar-refractivity contribution in [3.8, 4) is 0 Å². The average Bonchev–Trinajstić information content (AvgIpc) is 3.32. The van der Waals surface area contributed by atoms with Gasteiger partial charge in [0.25, 0.3) is 5.91 Å². The number of pyridine rings is 1. The van der Waals surface area contributed by atoms with E-state index < -0.39 is 0 Å². The van der Waals surface area contributed by atoms with Gasteiger partial charge in [0.2, 0.25) is 5.91 Å². The smallest absolute Gasteiger partial charge is 0.268 e. The summed E-state index contributed by atoms with van der Waals surface area (Å²) < 4.78 is 7.12. The van der Waals surface area contributed by atoms with Gasteiger partial charge in [0.15, 0.2) is 0 Å². The Hall–Kier alpha value is -2.45. The molecule has 2 aromatic heterocycles. The van der Waals surface area contributed by atoms with Crippen LogP contribution in [0.4, 0.5) is 0 Å². The second-order valence-corrected chi connectivity index (χ2v) is 13.4. The van der Waals surface area contributed by atoms with Gasteiger partial charge in [-0.1, -0.05) is 33.8 Å². The summed E-state index contributed by atoms with van der Waals surface area (Å²) in [6.07, 6.45) is 7.60. The maximum absolute atomic E-state index is 13.7. The van der Waals surface area contributed by atoms with Crippen LogP contribution >= 0.6 is 0 Å². The standard InChI is InChI=1S/C31H47N5O3/c1-30(2)20-32-13-12-26(30)35(14-7-15-39-5)28(37)17-23-19-36-25(8-6-9-27(36)34-23)29(38)33-18-21-10-11-22-16-24(21)31(22,3)4/h6,8-9,19,21-22,24,26,32H,7,10-18,20H2,1-5H3,(H,33,38)/t21-,22+,24-,26?/m0/s1. The van der Waals surface area contributed by atoms with Crippen LogP contribution in [0.5, 0.6) is 0 Å². The topological polar surface area (TPSA) is 88.0 Å². The lowest BCUT2D eigenvalue weighted by Gasteiger charge is -2.60. The number of imidazole rings is 1. The summed E-state index contributed by atoms with van der Waals surface area (Å²) in [6.45, 7) is 13.1. The first-order chi connectivity index (χ1) is 18.6. The minimum Gasteiger partial charge on any atom is -0.385 e. The highest BCUT2D eigenvalue weighted by Crippen LogP contribution is 2.61. The van der Waals surface area contributed by atoms with Crippen molar-refractivity contribution in [1.29, 1.82) is 0 Å². The zero-order valence-electron chi connectivity index (χ0n) is 24.5. The Bertz CT molecular complexity index is 1190. The Morgan fingerprint density at radius 1 is 1.21 bits per heavy atom. The molecule has 2 aromatic rings. The number of methoxy groups -OCH3 is 1. The van der Waals surface area contributed by atoms with Gasteiger partial charge >= 0.3 is 0 Å². The molecule has 3 saturated carbocycles. The predicted molar refractivity (Wildman–Crippen MR) is 153 cm³/mol. The minimum absolute atomic E-state index is 0.0148. The molecule has 1 saturated heterocycles. The number of hydrogen-bond donors (Lipinski definition) is 2. The second kappa shape index (κ2) is 11.2. The molecular weight excluding hydrogens is 490 g/mol. The SMILES string of the molecule is COCCCN(C(=O)Cc1cn2c(C(=O)NC[C@@H]3CC[C@@H]4C[C@@H]3C4(C)C)cccc2n1)C1CCNCC1(C)C. The minimum atomic E-state index is -0.0761. The molecule has 6 rings (SSSR count). The molecule has 1 aliphatic heterocycles. The quantitative estimate of drug-likeness (QED) is 0.449. The Morgan fingerprint density at radius 2 is 2.03 bits per heavy atom. The number of nitrogens with one attached hydrogen (secondary N) is 2. The van der Waals surface area contributed by atoms with E-state index in [4.69, 9.17) is 9.72 Å². The summed E-state index contributed by atoms with van der Waals surface area (Å²) in [5.74, 6) is 2.11. The van der Waals surface area contributed by atoms with Gasteiger partial charge in [-0.15, -0.1) is 0 Å². The Balaban J connectivity index is 1.28. The maximum Gasteiger partial charge on any atom is 0.268 e. The van der Waals surface area contributed by atoms with Gasteiger partial charge in [0.1, 0.15) is 11.3 Å². The van der Waals surface area contributed by atoms with Gasteiger partial charge in [-0.3, -0.25) is 14.0 Å². The highest BCUT2D eigenvalue weighted by Gasteiger charge is 2.54. The molecule has 2 amide bonds. The van der Waals surface area contributed by atoms with Crippen molar-refractivity contribution in [2.75, 3.05) is 39.9 Å². The van der Waals surface area contributed by atoms with Crippen LogP contribution in [0.25, 0.3) is 5.65 Å². The van der Waals surface area contributed by atoms with Gasteiger partial charge in [-0.25, -0.2) is 4.98 Å². The van der Waals surface area contributed by atoms with E-state index >= 15 is 0 Å². The fraction of sp³-hybridized carbons (Fsp3) is 0.710. The van der Waals surface area contributed by atoms with Crippen molar-refractivity contribution in [2.24, 2.45) is 28.6 Å². The Morgan fingerprint density at radius 3 is 2.74 bits per heavy atom. The summed E-state index contributed by atoms with van der Waals surface area (Å²) in [5.41, 5.74) is 2.34. The molecule has 1 unspecified atom stereocenters. The number of aromatic nitrogens is 2. The first kappa shape index (κ1) is 28.1. The van der Waals surface area contributed by atoms with Gasteiger partial charge in [-0.2, -0.15) is 0 Å². The van der Waals surface area contributed by atoms with E-state index in [1.54, 1.807) is 7.11 Å². The molecule has 8 heteroatoms. The van der Waals surface area contributed by atoms with Crippen LogP contribution in [0, 0.1) is 28.6 Å². The second-order valence-electron chi connectivity index (χ2n) is 13.4. The summed E-state index contributed by atoms with van der Waals surface area (Å²) in [5, 5.41) is 6.70. The molecule has 8 nitrogen and oxygen atoms in total. The lowest BCUT2D eigenvalue weighted by atomic mass is 9.45. The van der Waals surface area contributed by atoms with Crippen molar-refractivity contribution in [1.82, 2.24) is 24.9 Å². The molecule has 4 fully saturated rings. The number of nitrogens with zero attached hydrogens (tertiary/aromatic N) is 3. The zero-order valence-corrected chi connectivity index (χ0v) is 24.5. The van der Waals surface area contributed by atoms with E-state index in [1.807, 2.05) is 33.7 Å². The molecular formula is C31H47N5O3. The molecule has 0 aromatic carbocycles. The number of hydrogen-bond acceptors (Lipinski definition) is 5. The molecule has 39 heavy (non-hydrogen) atoms. The molecule has 214 valence electrons. The number of carbonyl (C=O) groups excluding carboxylic acids is 2. The first-order valence-corrected chi connectivity index (χ1v) is 14.9. The first-order valence-electron chi connectivity index (χ1n) is 14.9. The Kier molecular flexibility index (Phi) is 8.07. The predicted octanol–water partition coefficient (Wildman–Crippen LogP) is 3.93. The van der Waals surface area contributed by atoms with Crippen LogP contribution in [0.1, 0.15) is 76.0 Å². The van der Waals surface area contributed by atoms with E-state index in [9.17, 15) is 9.59 Å². The summed E-state index contributed by atoms with van der Waals surface area (Å²) in [7, 11) is 1.70. The highest BCUT2D eigenvalue weighted by molar-refractivity contribution is 5.93. The maximum atomic E-state index is 13.7. The van der Waals surface area contributed by atoms with Gasteiger partial charge in [0.05, 0.1) is 12.1 Å². The largest absolute Gasteiger partial charge is 0.385 e. The molecule has 0 spiro atoms. The number of amides is 2. The molecule has 2 N–H and O–H groups in total. The third-order valence-electron chi connectivity index (χ3n) is 10.2. The molecule has 0 radical (unpaired) electrons. The van der Waals surface area contributed by atoms with Gasteiger partial charge in [-0.05, 0) is 79.4 Å². The van der Waals surface area contributed by atoms with Crippen LogP contribution in [-0.4, -0.2) is 72.0 Å². The van der Waals surface area contributed by atoms with Crippen LogP contribution in [-0.2, 0) is 16.0 Å². The average molecular weight is 538 g/mol. The number of fused-ring (bicyclic) bond motifs is 3. The van der Waals surface area contributed by atoms with Crippen molar-refractivity contribution in [3.63, 3.8) is 0 Å². The molecule has 4 atom stereocenters. The van der Waals surface area contributed by atoms with Crippen LogP contribution < -0.4 is 10.6 Å². The molecule has 3 heterocycles. The van der Waals surface area contributed by atoms with E-state index in [0.29, 0.717) is 47.4 Å². The number of carbonyl (C=O) groups is 2. The van der Waals surface area contributed by atoms with Gasteiger partial charge < -0.3 is 20.3 Å². The lowest BCUT2D eigenvalue weighted by molar-refractivity contribution is -0.136. The molecule has 4 aliphatic rings. The Labute approximate surface area is 233 Å². The van der Waals surface area contributed by atoms with Gasteiger partial charge in [0, 0.05) is 45.6 Å². The summed E-state index contributed by atoms with van der Waals surface area (Å²) >= 11 is 0. The van der Waals surface area contributed by atoms with Crippen molar-refractivity contribution < 1.29 is 14.3 Å². The third kappa shape index (κ3) is 5.60. The fourth-order valence-electron chi connectivity index (χ4n) is 7.68. The van der Waals surface area contributed by atoms with E-state index in [-0.39, 0.29) is 29.7 Å². The number of piperidine rings is 1. The molecule has 3 aliphatic carbocycles. The van der Waals surface area contributed by atoms with Crippen LogP contribution in [0.15, 0.2) is 24.4 Å². The highest BCUT2D eigenvalue weighted by atomic mass is 16.5. The van der Waals surface area contributed by atoms with Crippen molar-refractivity contribution >= 4 is 17.5 Å². The van der Waals surface area contributed by atoms with Crippen molar-refractivity contribution in [2.45, 2.75) is 72.3 Å².